The summed E-state index contributed by atoms with van der Waals surface area (Å²) in [5.74, 6) is -1.01. The standard InChI is InChI=1S/C25H20ClNO4/c1-31-20-12-10-17(11-13-20)23(28)21-22(18-8-5-9-19(26)14-18)27(25(30)24(21)29)15-16-6-3-2-4-7-16/h2-14,22,28H,15H2,1H3/b23-21+. The molecule has 0 bridgehead atoms. The number of amides is 1. The number of methoxy groups -OCH3 is 1. The van der Waals surface area contributed by atoms with Gasteiger partial charge in [-0.3, -0.25) is 9.59 Å². The zero-order valence-electron chi connectivity index (χ0n) is 16.8. The molecule has 1 unspecified atom stereocenters. The smallest absolute Gasteiger partial charge is 0.295 e. The van der Waals surface area contributed by atoms with Gasteiger partial charge in [0.1, 0.15) is 11.5 Å². The zero-order chi connectivity index (χ0) is 22.0. The molecule has 3 aromatic carbocycles. The van der Waals surface area contributed by atoms with Crippen LogP contribution in [0, 0.1) is 0 Å². The van der Waals surface area contributed by atoms with Crippen molar-refractivity contribution in [2.24, 2.45) is 0 Å². The highest BCUT2D eigenvalue weighted by Gasteiger charge is 2.46. The number of Topliss-reactive ketones (excluding diaryl/α,β-unsaturated/α-hetero) is 1. The fourth-order valence-corrected chi connectivity index (χ4v) is 3.95. The summed E-state index contributed by atoms with van der Waals surface area (Å²) in [6, 6.07) is 22.3. The average Bonchev–Trinajstić information content (AvgIpc) is 3.04. The number of carbonyl (C=O) groups is 2. The molecule has 1 N–H and O–H groups in total. The van der Waals surface area contributed by atoms with E-state index in [9.17, 15) is 14.7 Å². The van der Waals surface area contributed by atoms with Crippen molar-refractivity contribution in [2.75, 3.05) is 7.11 Å². The molecule has 0 spiro atoms. The molecule has 0 aliphatic carbocycles. The van der Waals surface area contributed by atoms with Crippen molar-refractivity contribution < 1.29 is 19.4 Å². The Morgan fingerprint density at radius 1 is 1.00 bits per heavy atom. The zero-order valence-corrected chi connectivity index (χ0v) is 17.5. The summed E-state index contributed by atoms with van der Waals surface area (Å²) in [6.45, 7) is 0.224. The molecule has 1 atom stereocenters. The van der Waals surface area contributed by atoms with E-state index in [1.165, 1.54) is 4.90 Å². The molecule has 6 heteroatoms. The molecule has 0 radical (unpaired) electrons. The van der Waals surface area contributed by atoms with E-state index >= 15 is 0 Å². The van der Waals surface area contributed by atoms with Crippen LogP contribution >= 0.6 is 11.6 Å². The molecule has 0 saturated carbocycles. The second-order valence-electron chi connectivity index (χ2n) is 7.20. The van der Waals surface area contributed by atoms with E-state index in [2.05, 4.69) is 0 Å². The Bertz CT molecular complexity index is 1160. The van der Waals surface area contributed by atoms with Gasteiger partial charge in [0.25, 0.3) is 11.7 Å². The Morgan fingerprint density at radius 3 is 2.35 bits per heavy atom. The summed E-state index contributed by atoms with van der Waals surface area (Å²) in [7, 11) is 1.54. The van der Waals surface area contributed by atoms with Crippen LogP contribution in [0.3, 0.4) is 0 Å². The first kappa shape index (κ1) is 20.7. The maximum absolute atomic E-state index is 13.0. The second-order valence-corrected chi connectivity index (χ2v) is 7.63. The second kappa shape index (κ2) is 8.66. The molecule has 0 aromatic heterocycles. The maximum Gasteiger partial charge on any atom is 0.295 e. The predicted molar refractivity (Wildman–Crippen MR) is 119 cm³/mol. The van der Waals surface area contributed by atoms with E-state index in [0.29, 0.717) is 21.9 Å². The van der Waals surface area contributed by atoms with Gasteiger partial charge in [0.05, 0.1) is 18.7 Å². The van der Waals surface area contributed by atoms with E-state index in [1.807, 2.05) is 30.3 Å². The van der Waals surface area contributed by atoms with E-state index in [4.69, 9.17) is 16.3 Å². The number of ketones is 1. The Balaban J connectivity index is 1.85. The van der Waals surface area contributed by atoms with E-state index in [1.54, 1.807) is 55.6 Å². The number of halogens is 1. The maximum atomic E-state index is 13.0. The molecule has 1 aliphatic rings. The highest BCUT2D eigenvalue weighted by Crippen LogP contribution is 2.41. The summed E-state index contributed by atoms with van der Waals surface area (Å²) >= 11 is 6.20. The van der Waals surface area contributed by atoms with Crippen molar-refractivity contribution in [1.82, 2.24) is 4.90 Å². The third-order valence-corrected chi connectivity index (χ3v) is 5.50. The number of nitrogens with zero attached hydrogens (tertiary/aromatic N) is 1. The fourth-order valence-electron chi connectivity index (χ4n) is 3.75. The third-order valence-electron chi connectivity index (χ3n) is 5.26. The lowest BCUT2D eigenvalue weighted by atomic mass is 9.95. The lowest BCUT2D eigenvalue weighted by Gasteiger charge is -2.25. The molecule has 5 nitrogen and oxygen atoms in total. The summed E-state index contributed by atoms with van der Waals surface area (Å²) < 4.78 is 5.16. The molecule has 1 amide bonds. The average molecular weight is 434 g/mol. The summed E-state index contributed by atoms with van der Waals surface area (Å²) in [5.41, 5.74) is 1.98. The quantitative estimate of drug-likeness (QED) is 0.350. The number of carbonyl (C=O) groups excluding carboxylic acids is 2. The Kier molecular flexibility index (Phi) is 5.78. The highest BCUT2D eigenvalue weighted by atomic mass is 35.5. The molecule has 1 fully saturated rings. The third kappa shape index (κ3) is 4.05. The molecule has 4 rings (SSSR count). The van der Waals surface area contributed by atoms with Gasteiger partial charge in [0.2, 0.25) is 0 Å². The molecule has 1 aliphatic heterocycles. The van der Waals surface area contributed by atoms with Crippen molar-refractivity contribution >= 4 is 29.1 Å². The molecule has 31 heavy (non-hydrogen) atoms. The normalized spacial score (nSPS) is 17.7. The number of ether oxygens (including phenoxy) is 1. The van der Waals surface area contributed by atoms with E-state index in [-0.39, 0.29) is 17.9 Å². The minimum Gasteiger partial charge on any atom is -0.507 e. The summed E-state index contributed by atoms with van der Waals surface area (Å²) in [5, 5.41) is 11.5. The first-order valence-electron chi connectivity index (χ1n) is 9.72. The molecular formula is C25H20ClNO4. The van der Waals surface area contributed by atoms with Crippen molar-refractivity contribution in [3.8, 4) is 5.75 Å². The number of hydrogen-bond acceptors (Lipinski definition) is 4. The molecule has 1 heterocycles. The molecule has 3 aromatic rings. The monoisotopic (exact) mass is 433 g/mol. The van der Waals surface area contributed by atoms with Gasteiger partial charge in [-0.25, -0.2) is 0 Å². The predicted octanol–water partition coefficient (Wildman–Crippen LogP) is 4.97. The lowest BCUT2D eigenvalue weighted by molar-refractivity contribution is -0.140. The summed E-state index contributed by atoms with van der Waals surface area (Å²) in [4.78, 5) is 27.5. The van der Waals surface area contributed by atoms with Gasteiger partial charge in [0, 0.05) is 17.1 Å². The minimum atomic E-state index is -0.763. The minimum absolute atomic E-state index is 0.0355. The van der Waals surface area contributed by atoms with Crippen LogP contribution in [-0.2, 0) is 16.1 Å². The van der Waals surface area contributed by atoms with Crippen LogP contribution in [0.15, 0.2) is 84.4 Å². The first-order valence-corrected chi connectivity index (χ1v) is 10.1. The highest BCUT2D eigenvalue weighted by molar-refractivity contribution is 6.46. The molecular weight excluding hydrogens is 414 g/mol. The van der Waals surface area contributed by atoms with Gasteiger partial charge in [-0.15, -0.1) is 0 Å². The van der Waals surface area contributed by atoms with Crippen LogP contribution in [0.5, 0.6) is 5.75 Å². The number of rotatable bonds is 5. The Morgan fingerprint density at radius 2 is 1.71 bits per heavy atom. The SMILES string of the molecule is COc1ccc(/C(O)=C2\C(=O)C(=O)N(Cc3ccccc3)C2c2cccc(Cl)c2)cc1. The lowest BCUT2D eigenvalue weighted by Crippen LogP contribution is -2.29. The van der Waals surface area contributed by atoms with Crippen LogP contribution < -0.4 is 4.74 Å². The van der Waals surface area contributed by atoms with Gasteiger partial charge < -0.3 is 14.7 Å². The Hall–Kier alpha value is -3.57. The van der Waals surface area contributed by atoms with Crippen LogP contribution in [0.4, 0.5) is 0 Å². The number of hydrogen-bond donors (Lipinski definition) is 1. The summed E-state index contributed by atoms with van der Waals surface area (Å²) in [6.07, 6.45) is 0. The number of benzene rings is 3. The van der Waals surface area contributed by atoms with Crippen LogP contribution in [0.2, 0.25) is 5.02 Å². The van der Waals surface area contributed by atoms with Crippen molar-refractivity contribution in [2.45, 2.75) is 12.6 Å². The number of aliphatic hydroxyl groups is 1. The van der Waals surface area contributed by atoms with Crippen molar-refractivity contribution in [1.29, 1.82) is 0 Å². The van der Waals surface area contributed by atoms with Crippen LogP contribution in [0.1, 0.15) is 22.7 Å². The van der Waals surface area contributed by atoms with Gasteiger partial charge in [0.15, 0.2) is 0 Å². The van der Waals surface area contributed by atoms with Crippen molar-refractivity contribution in [3.63, 3.8) is 0 Å². The largest absolute Gasteiger partial charge is 0.507 e. The number of aliphatic hydroxyl groups excluding tert-OH is 1. The van der Waals surface area contributed by atoms with E-state index < -0.39 is 17.7 Å². The number of likely N-dealkylation sites (tertiary alicyclic amines) is 1. The van der Waals surface area contributed by atoms with Gasteiger partial charge in [-0.05, 0) is 47.5 Å². The van der Waals surface area contributed by atoms with Gasteiger partial charge >= 0.3 is 0 Å². The van der Waals surface area contributed by atoms with Crippen LogP contribution in [-0.4, -0.2) is 28.8 Å². The first-order chi connectivity index (χ1) is 15.0. The van der Waals surface area contributed by atoms with Gasteiger partial charge in [-0.2, -0.15) is 0 Å². The van der Waals surface area contributed by atoms with Crippen molar-refractivity contribution in [3.05, 3.63) is 106 Å². The fraction of sp³-hybridized carbons (Fsp3) is 0.120. The van der Waals surface area contributed by atoms with E-state index in [0.717, 1.165) is 5.56 Å². The topological polar surface area (TPSA) is 66.8 Å². The molecule has 1 saturated heterocycles. The molecule has 156 valence electrons. The Labute approximate surface area is 185 Å². The van der Waals surface area contributed by atoms with Crippen LogP contribution in [0.25, 0.3) is 5.76 Å². The van der Waals surface area contributed by atoms with Gasteiger partial charge in [-0.1, -0.05) is 54.1 Å².